The van der Waals surface area contributed by atoms with Crippen LogP contribution < -0.4 is 14.2 Å². The molecule has 0 bridgehead atoms. The molecule has 0 amide bonds. The van der Waals surface area contributed by atoms with E-state index in [1.165, 1.54) is 38.7 Å². The van der Waals surface area contributed by atoms with Gasteiger partial charge in [-0.3, -0.25) is 10.1 Å². The second-order valence-electron chi connectivity index (χ2n) is 4.86. The van der Waals surface area contributed by atoms with Crippen LogP contribution in [0.25, 0.3) is 22.8 Å². The van der Waals surface area contributed by atoms with Gasteiger partial charge in [0.2, 0.25) is 11.6 Å². The van der Waals surface area contributed by atoms with E-state index in [0.29, 0.717) is 10.3 Å². The zero-order valence-corrected chi connectivity index (χ0v) is 13.2. The predicted molar refractivity (Wildman–Crippen MR) is 83.9 cm³/mol. The number of ether oxygens (including phenoxy) is 2. The molecule has 2 heterocycles. The molecule has 0 aliphatic rings. The SMILES string of the molecule is COc1cc(-c2nc(-c3ccc[n+]([O-])c3)no2)cc([N+](=O)[O-])c1OC. The van der Waals surface area contributed by atoms with E-state index in [4.69, 9.17) is 14.0 Å². The van der Waals surface area contributed by atoms with Crippen molar-refractivity contribution in [3.05, 3.63) is 52.0 Å². The molecule has 10 nitrogen and oxygen atoms in total. The van der Waals surface area contributed by atoms with E-state index in [1.807, 2.05) is 0 Å². The average molecular weight is 344 g/mol. The van der Waals surface area contributed by atoms with E-state index in [1.54, 1.807) is 12.1 Å². The molecular formula is C15H12N4O6. The largest absolute Gasteiger partial charge is 0.619 e. The van der Waals surface area contributed by atoms with Crippen molar-refractivity contribution >= 4 is 5.69 Å². The van der Waals surface area contributed by atoms with E-state index in [9.17, 15) is 15.3 Å². The van der Waals surface area contributed by atoms with Crippen molar-refractivity contribution in [2.75, 3.05) is 14.2 Å². The Balaban J connectivity index is 2.08. The Labute approximate surface area is 141 Å². The van der Waals surface area contributed by atoms with Crippen molar-refractivity contribution in [1.82, 2.24) is 10.1 Å². The quantitative estimate of drug-likeness (QED) is 0.297. The third kappa shape index (κ3) is 3.04. The van der Waals surface area contributed by atoms with E-state index in [2.05, 4.69) is 10.1 Å². The fourth-order valence-electron chi connectivity index (χ4n) is 2.25. The lowest BCUT2D eigenvalue weighted by atomic mass is 10.1. The maximum absolute atomic E-state index is 11.3. The third-order valence-electron chi connectivity index (χ3n) is 3.36. The Morgan fingerprint density at radius 3 is 2.68 bits per heavy atom. The van der Waals surface area contributed by atoms with Crippen LogP contribution in [0.4, 0.5) is 5.69 Å². The highest BCUT2D eigenvalue weighted by Crippen LogP contribution is 2.40. The van der Waals surface area contributed by atoms with Crippen LogP contribution in [0.5, 0.6) is 11.5 Å². The molecule has 0 aliphatic carbocycles. The summed E-state index contributed by atoms with van der Waals surface area (Å²) in [6.07, 6.45) is 2.61. The Morgan fingerprint density at radius 1 is 1.24 bits per heavy atom. The molecule has 128 valence electrons. The molecule has 1 aromatic carbocycles. The highest BCUT2D eigenvalue weighted by molar-refractivity contribution is 5.69. The molecule has 0 spiro atoms. The minimum absolute atomic E-state index is 0.00792. The first kappa shape index (κ1) is 16.2. The highest BCUT2D eigenvalue weighted by atomic mass is 16.6. The molecule has 0 N–H and O–H groups in total. The van der Waals surface area contributed by atoms with Gasteiger partial charge in [-0.05, 0) is 12.1 Å². The monoisotopic (exact) mass is 344 g/mol. The molecule has 0 saturated heterocycles. The minimum Gasteiger partial charge on any atom is -0.619 e. The van der Waals surface area contributed by atoms with Crippen molar-refractivity contribution in [3.8, 4) is 34.3 Å². The van der Waals surface area contributed by atoms with Crippen LogP contribution in [0.3, 0.4) is 0 Å². The number of nitrogens with zero attached hydrogens (tertiary/aromatic N) is 4. The molecule has 0 unspecified atom stereocenters. The number of benzene rings is 1. The molecule has 10 heteroatoms. The van der Waals surface area contributed by atoms with Gasteiger partial charge in [-0.2, -0.15) is 9.71 Å². The van der Waals surface area contributed by atoms with Crippen LogP contribution in [0.1, 0.15) is 0 Å². The van der Waals surface area contributed by atoms with Crippen molar-refractivity contribution in [1.29, 1.82) is 0 Å². The number of rotatable bonds is 5. The normalized spacial score (nSPS) is 10.5. The molecule has 0 radical (unpaired) electrons. The first-order valence-electron chi connectivity index (χ1n) is 6.97. The number of hydrogen-bond acceptors (Lipinski definition) is 8. The van der Waals surface area contributed by atoms with Gasteiger partial charge in [-0.25, -0.2) is 0 Å². The van der Waals surface area contributed by atoms with Crippen molar-refractivity contribution in [2.45, 2.75) is 0 Å². The maximum atomic E-state index is 11.3. The third-order valence-corrected chi connectivity index (χ3v) is 3.36. The lowest BCUT2D eigenvalue weighted by Gasteiger charge is -2.08. The minimum atomic E-state index is -0.598. The smallest absolute Gasteiger partial charge is 0.315 e. The summed E-state index contributed by atoms with van der Waals surface area (Å²) in [4.78, 5) is 14.8. The van der Waals surface area contributed by atoms with E-state index in [-0.39, 0.29) is 34.5 Å². The first-order chi connectivity index (χ1) is 12.0. The van der Waals surface area contributed by atoms with Crippen molar-refractivity contribution < 1.29 is 23.7 Å². The fraction of sp³-hybridized carbons (Fsp3) is 0.133. The van der Waals surface area contributed by atoms with Crippen LogP contribution >= 0.6 is 0 Å². The number of nitro groups is 1. The van der Waals surface area contributed by atoms with Gasteiger partial charge in [0.1, 0.15) is 0 Å². The molecule has 0 fully saturated rings. The van der Waals surface area contributed by atoms with E-state index in [0.717, 1.165) is 0 Å². The standard InChI is InChI=1S/C15H12N4O6/c1-23-12-7-10(6-11(19(21)22)13(12)24-2)15-16-14(17-25-15)9-4-3-5-18(20)8-9/h3-8H,1-2H3. The molecular weight excluding hydrogens is 332 g/mol. The second-order valence-corrected chi connectivity index (χ2v) is 4.86. The molecule has 0 saturated carbocycles. The van der Waals surface area contributed by atoms with Gasteiger partial charge in [0, 0.05) is 12.1 Å². The van der Waals surface area contributed by atoms with E-state index < -0.39 is 4.92 Å². The molecule has 2 aromatic heterocycles. The topological polar surface area (TPSA) is 127 Å². The van der Waals surface area contributed by atoms with Crippen LogP contribution in [-0.2, 0) is 0 Å². The van der Waals surface area contributed by atoms with Gasteiger partial charge in [0.15, 0.2) is 18.1 Å². The Morgan fingerprint density at radius 2 is 2.04 bits per heavy atom. The summed E-state index contributed by atoms with van der Waals surface area (Å²) in [6.45, 7) is 0. The number of aromatic nitrogens is 3. The average Bonchev–Trinajstić information content (AvgIpc) is 3.10. The van der Waals surface area contributed by atoms with Crippen molar-refractivity contribution in [2.24, 2.45) is 0 Å². The summed E-state index contributed by atoms with van der Waals surface area (Å²) >= 11 is 0. The number of nitro benzene ring substituents is 1. The summed E-state index contributed by atoms with van der Waals surface area (Å²) in [6, 6.07) is 5.92. The first-order valence-corrected chi connectivity index (χ1v) is 6.97. The molecule has 3 rings (SSSR count). The zero-order valence-electron chi connectivity index (χ0n) is 13.2. The summed E-state index contributed by atoms with van der Waals surface area (Å²) < 4.78 is 15.9. The molecule has 0 atom stereocenters. The van der Waals surface area contributed by atoms with Gasteiger partial charge < -0.3 is 19.2 Å². The van der Waals surface area contributed by atoms with Gasteiger partial charge in [-0.1, -0.05) is 5.16 Å². The van der Waals surface area contributed by atoms with Crippen LogP contribution in [0.15, 0.2) is 41.2 Å². The van der Waals surface area contributed by atoms with Gasteiger partial charge in [0.25, 0.3) is 5.89 Å². The van der Waals surface area contributed by atoms with E-state index >= 15 is 0 Å². The van der Waals surface area contributed by atoms with Gasteiger partial charge in [-0.15, -0.1) is 0 Å². The number of pyridine rings is 1. The summed E-state index contributed by atoms with van der Waals surface area (Å²) in [5.74, 6) is 0.369. The zero-order chi connectivity index (χ0) is 18.0. The van der Waals surface area contributed by atoms with Crippen LogP contribution in [-0.4, -0.2) is 29.3 Å². The number of hydrogen-bond donors (Lipinski definition) is 0. The van der Waals surface area contributed by atoms with Crippen molar-refractivity contribution in [3.63, 3.8) is 0 Å². The van der Waals surface area contributed by atoms with Gasteiger partial charge in [0.05, 0.1) is 30.3 Å². The summed E-state index contributed by atoms with van der Waals surface area (Å²) in [5, 5.41) is 26.4. The fourth-order valence-corrected chi connectivity index (χ4v) is 2.25. The molecule has 25 heavy (non-hydrogen) atoms. The number of methoxy groups -OCH3 is 2. The summed E-state index contributed by atoms with van der Waals surface area (Å²) in [5.41, 5.74) is 0.435. The molecule has 3 aromatic rings. The van der Waals surface area contributed by atoms with Crippen LogP contribution in [0, 0.1) is 15.3 Å². The lowest BCUT2D eigenvalue weighted by Crippen LogP contribution is -2.24. The molecule has 0 aliphatic heterocycles. The van der Waals surface area contributed by atoms with Crippen LogP contribution in [0.2, 0.25) is 0 Å². The predicted octanol–water partition coefficient (Wildman–Crippen LogP) is 1.96. The summed E-state index contributed by atoms with van der Waals surface area (Å²) in [7, 11) is 2.67. The Kier molecular flexibility index (Phi) is 4.16. The maximum Gasteiger partial charge on any atom is 0.315 e. The second kappa shape index (κ2) is 6.43. The van der Waals surface area contributed by atoms with Gasteiger partial charge >= 0.3 is 5.69 Å². The Hall–Kier alpha value is -3.69. The Bertz CT molecular complexity index is 940. The highest BCUT2D eigenvalue weighted by Gasteiger charge is 2.24. The lowest BCUT2D eigenvalue weighted by molar-refractivity contribution is -0.604.